The monoisotopic (exact) mass is 252 g/mol. The number of halogens is 2. The molecule has 1 aliphatic carbocycles. The van der Waals surface area contributed by atoms with E-state index in [0.717, 1.165) is 37.8 Å². The fourth-order valence-corrected chi connectivity index (χ4v) is 2.53. The summed E-state index contributed by atoms with van der Waals surface area (Å²) in [5.74, 6) is -2.36. The van der Waals surface area contributed by atoms with Gasteiger partial charge < -0.3 is 5.11 Å². The largest absolute Gasteiger partial charge is 0.478 e. The standard InChI is InChI=1S/C14H14F2O2/c15-11-5-10(6-12(16)7-11)13(8-14(17)18)9-3-1-2-4-9/h5-9H,1-4H2,(H,17,18)/b13-8+. The lowest BCUT2D eigenvalue weighted by Gasteiger charge is -2.14. The van der Waals surface area contributed by atoms with Crippen molar-refractivity contribution in [2.24, 2.45) is 5.92 Å². The van der Waals surface area contributed by atoms with Gasteiger partial charge in [0.05, 0.1) is 0 Å². The Bertz CT molecular complexity index is 468. The van der Waals surface area contributed by atoms with Crippen LogP contribution in [0.15, 0.2) is 24.3 Å². The summed E-state index contributed by atoms with van der Waals surface area (Å²) in [6.45, 7) is 0. The molecule has 2 rings (SSSR count). The Labute approximate surface area is 104 Å². The Hall–Kier alpha value is -1.71. The van der Waals surface area contributed by atoms with Gasteiger partial charge >= 0.3 is 5.97 Å². The maximum atomic E-state index is 13.2. The third-order valence-corrected chi connectivity index (χ3v) is 3.27. The fraction of sp³-hybridized carbons (Fsp3) is 0.357. The molecule has 0 atom stereocenters. The Kier molecular flexibility index (Phi) is 3.75. The first-order valence-corrected chi connectivity index (χ1v) is 5.97. The van der Waals surface area contributed by atoms with Crippen LogP contribution in [0.2, 0.25) is 0 Å². The van der Waals surface area contributed by atoms with Crippen molar-refractivity contribution in [1.82, 2.24) is 0 Å². The number of hydrogen-bond donors (Lipinski definition) is 1. The highest BCUT2D eigenvalue weighted by molar-refractivity contribution is 5.90. The first kappa shape index (κ1) is 12.7. The Balaban J connectivity index is 2.42. The van der Waals surface area contributed by atoms with Crippen molar-refractivity contribution in [3.63, 3.8) is 0 Å². The fourth-order valence-electron chi connectivity index (χ4n) is 2.53. The molecule has 0 spiro atoms. The van der Waals surface area contributed by atoms with Crippen molar-refractivity contribution in [3.05, 3.63) is 41.5 Å². The van der Waals surface area contributed by atoms with Crippen LogP contribution in [-0.4, -0.2) is 11.1 Å². The molecule has 0 amide bonds. The maximum Gasteiger partial charge on any atom is 0.328 e. The third kappa shape index (κ3) is 2.94. The van der Waals surface area contributed by atoms with Crippen molar-refractivity contribution < 1.29 is 18.7 Å². The zero-order chi connectivity index (χ0) is 13.1. The molecule has 4 heteroatoms. The molecular weight excluding hydrogens is 238 g/mol. The van der Waals surface area contributed by atoms with Gasteiger partial charge in [-0.25, -0.2) is 13.6 Å². The van der Waals surface area contributed by atoms with Gasteiger partial charge in [-0.1, -0.05) is 12.8 Å². The number of carboxylic acid groups (broad SMARTS) is 1. The summed E-state index contributed by atoms with van der Waals surface area (Å²) in [7, 11) is 0. The topological polar surface area (TPSA) is 37.3 Å². The minimum atomic E-state index is -1.08. The quantitative estimate of drug-likeness (QED) is 0.834. The summed E-state index contributed by atoms with van der Waals surface area (Å²) in [5, 5.41) is 8.88. The molecule has 1 fully saturated rings. The van der Waals surface area contributed by atoms with Crippen molar-refractivity contribution in [2.75, 3.05) is 0 Å². The first-order chi connectivity index (χ1) is 8.56. The Morgan fingerprint density at radius 2 is 1.72 bits per heavy atom. The van der Waals surface area contributed by atoms with Gasteiger partial charge in [0, 0.05) is 12.1 Å². The molecule has 1 aliphatic rings. The summed E-state index contributed by atoms with van der Waals surface area (Å²) >= 11 is 0. The van der Waals surface area contributed by atoms with Crippen LogP contribution < -0.4 is 0 Å². The summed E-state index contributed by atoms with van der Waals surface area (Å²) < 4.78 is 26.4. The first-order valence-electron chi connectivity index (χ1n) is 5.97. The Morgan fingerprint density at radius 3 is 2.22 bits per heavy atom. The van der Waals surface area contributed by atoms with Gasteiger partial charge in [-0.2, -0.15) is 0 Å². The molecule has 0 bridgehead atoms. The van der Waals surface area contributed by atoms with E-state index in [1.807, 2.05) is 0 Å². The number of allylic oxidation sites excluding steroid dienone is 1. The number of hydrogen-bond acceptors (Lipinski definition) is 1. The van der Waals surface area contributed by atoms with Crippen LogP contribution in [-0.2, 0) is 4.79 Å². The van der Waals surface area contributed by atoms with Crippen LogP contribution in [0.25, 0.3) is 5.57 Å². The van der Waals surface area contributed by atoms with Gasteiger partial charge in [-0.05, 0) is 42.0 Å². The zero-order valence-electron chi connectivity index (χ0n) is 9.83. The molecule has 0 aromatic heterocycles. The van der Waals surface area contributed by atoms with Gasteiger partial charge in [0.15, 0.2) is 0 Å². The number of benzene rings is 1. The second kappa shape index (κ2) is 5.29. The van der Waals surface area contributed by atoms with E-state index in [9.17, 15) is 13.6 Å². The highest BCUT2D eigenvalue weighted by Gasteiger charge is 2.22. The number of rotatable bonds is 3. The maximum absolute atomic E-state index is 13.2. The summed E-state index contributed by atoms with van der Waals surface area (Å²) in [6, 6.07) is 3.17. The van der Waals surface area contributed by atoms with E-state index in [1.54, 1.807) is 0 Å². The smallest absolute Gasteiger partial charge is 0.328 e. The summed E-state index contributed by atoms with van der Waals surface area (Å²) in [5.41, 5.74) is 0.861. The van der Waals surface area contributed by atoms with Crippen molar-refractivity contribution in [3.8, 4) is 0 Å². The van der Waals surface area contributed by atoms with E-state index < -0.39 is 17.6 Å². The van der Waals surface area contributed by atoms with Crippen molar-refractivity contribution in [1.29, 1.82) is 0 Å². The summed E-state index contributed by atoms with van der Waals surface area (Å²) in [4.78, 5) is 10.8. The third-order valence-electron chi connectivity index (χ3n) is 3.27. The van der Waals surface area contributed by atoms with Gasteiger partial charge in [-0.3, -0.25) is 0 Å². The zero-order valence-corrected chi connectivity index (χ0v) is 9.83. The molecule has 1 N–H and O–H groups in total. The van der Waals surface area contributed by atoms with Gasteiger partial charge in [-0.15, -0.1) is 0 Å². The minimum absolute atomic E-state index is 0.0855. The molecule has 0 heterocycles. The van der Waals surface area contributed by atoms with Crippen LogP contribution >= 0.6 is 0 Å². The van der Waals surface area contributed by atoms with E-state index in [2.05, 4.69) is 0 Å². The lowest BCUT2D eigenvalue weighted by Crippen LogP contribution is -2.03. The average molecular weight is 252 g/mol. The molecule has 0 unspecified atom stereocenters. The van der Waals surface area contributed by atoms with E-state index in [4.69, 9.17) is 5.11 Å². The molecule has 96 valence electrons. The predicted molar refractivity (Wildman–Crippen MR) is 63.9 cm³/mol. The lowest BCUT2D eigenvalue weighted by atomic mass is 9.90. The van der Waals surface area contributed by atoms with Gasteiger partial charge in [0.2, 0.25) is 0 Å². The van der Waals surface area contributed by atoms with Crippen LogP contribution in [0.4, 0.5) is 8.78 Å². The molecular formula is C14H14F2O2. The molecule has 0 saturated heterocycles. The Morgan fingerprint density at radius 1 is 1.17 bits per heavy atom. The molecule has 0 radical (unpaired) electrons. The predicted octanol–water partition coefficient (Wildman–Crippen LogP) is 3.62. The van der Waals surface area contributed by atoms with E-state index in [1.165, 1.54) is 12.1 Å². The number of carbonyl (C=O) groups is 1. The minimum Gasteiger partial charge on any atom is -0.478 e. The van der Waals surface area contributed by atoms with Crippen LogP contribution in [0.1, 0.15) is 31.2 Å². The van der Waals surface area contributed by atoms with Crippen molar-refractivity contribution >= 4 is 11.5 Å². The molecule has 1 aromatic rings. The normalized spacial score (nSPS) is 17.1. The SMILES string of the molecule is O=C(O)/C=C(/c1cc(F)cc(F)c1)C1CCCC1. The van der Waals surface area contributed by atoms with Gasteiger partial charge in [0.25, 0.3) is 0 Å². The highest BCUT2D eigenvalue weighted by atomic mass is 19.1. The molecule has 0 aliphatic heterocycles. The van der Waals surface area contributed by atoms with E-state index in [-0.39, 0.29) is 5.92 Å². The van der Waals surface area contributed by atoms with Gasteiger partial charge in [0.1, 0.15) is 11.6 Å². The summed E-state index contributed by atoms with van der Waals surface area (Å²) in [6.07, 6.45) is 4.87. The van der Waals surface area contributed by atoms with Crippen LogP contribution in [0, 0.1) is 17.6 Å². The van der Waals surface area contributed by atoms with Crippen LogP contribution in [0.5, 0.6) is 0 Å². The van der Waals surface area contributed by atoms with Crippen molar-refractivity contribution in [2.45, 2.75) is 25.7 Å². The van der Waals surface area contributed by atoms with Crippen LogP contribution in [0.3, 0.4) is 0 Å². The number of aliphatic carboxylic acids is 1. The van der Waals surface area contributed by atoms with E-state index in [0.29, 0.717) is 11.1 Å². The lowest BCUT2D eigenvalue weighted by molar-refractivity contribution is -0.131. The average Bonchev–Trinajstić information content (AvgIpc) is 2.77. The second-order valence-corrected chi connectivity index (χ2v) is 4.58. The second-order valence-electron chi connectivity index (χ2n) is 4.58. The molecule has 2 nitrogen and oxygen atoms in total. The number of carboxylic acids is 1. The molecule has 1 aromatic carbocycles. The van der Waals surface area contributed by atoms with E-state index >= 15 is 0 Å². The molecule has 1 saturated carbocycles. The molecule has 18 heavy (non-hydrogen) atoms. The highest BCUT2D eigenvalue weighted by Crippen LogP contribution is 2.36.